The maximum absolute atomic E-state index is 12.1. The monoisotopic (exact) mass is 274 g/mol. The number of hydrogen-bond acceptors (Lipinski definition) is 3. The molecule has 1 aromatic heterocycles. The maximum atomic E-state index is 12.1. The van der Waals surface area contributed by atoms with Crippen molar-refractivity contribution in [3.05, 3.63) is 24.3 Å². The summed E-state index contributed by atoms with van der Waals surface area (Å²) in [7, 11) is 0. The van der Waals surface area contributed by atoms with Gasteiger partial charge in [0.1, 0.15) is 6.54 Å². The van der Waals surface area contributed by atoms with Crippen molar-refractivity contribution >= 4 is 22.9 Å². The molecule has 0 aliphatic carbocycles. The lowest BCUT2D eigenvalue weighted by Gasteiger charge is -2.13. The van der Waals surface area contributed by atoms with Gasteiger partial charge < -0.3 is 15.2 Å². The molecule has 1 heterocycles. The molecule has 0 saturated carbocycles. The van der Waals surface area contributed by atoms with Crippen LogP contribution in [0.25, 0.3) is 11.0 Å². The van der Waals surface area contributed by atoms with E-state index >= 15 is 0 Å². The summed E-state index contributed by atoms with van der Waals surface area (Å²) in [5.74, 6) is 0.759. The number of fused-ring (bicyclic) bond motifs is 1. The number of hydrogen-bond donors (Lipinski definition) is 2. The van der Waals surface area contributed by atoms with Crippen LogP contribution in [0.5, 0.6) is 0 Å². The molecule has 0 saturated heterocycles. The van der Waals surface area contributed by atoms with E-state index in [1.807, 2.05) is 42.7 Å². The summed E-state index contributed by atoms with van der Waals surface area (Å²) in [6, 6.07) is 8.05. The molecule has 0 spiro atoms. The van der Waals surface area contributed by atoms with Crippen LogP contribution in [-0.4, -0.2) is 28.0 Å². The van der Waals surface area contributed by atoms with E-state index in [1.54, 1.807) is 0 Å². The first-order valence-corrected chi connectivity index (χ1v) is 7.14. The predicted octanol–water partition coefficient (Wildman–Crippen LogP) is 2.38. The molecule has 2 rings (SSSR count). The van der Waals surface area contributed by atoms with Crippen molar-refractivity contribution in [3.63, 3.8) is 0 Å². The maximum Gasteiger partial charge on any atom is 0.240 e. The first-order valence-electron chi connectivity index (χ1n) is 7.14. The van der Waals surface area contributed by atoms with Gasteiger partial charge in [0.2, 0.25) is 11.9 Å². The topological polar surface area (TPSA) is 59.0 Å². The summed E-state index contributed by atoms with van der Waals surface area (Å²) in [4.78, 5) is 16.6. The number of aromatic nitrogens is 2. The van der Waals surface area contributed by atoms with E-state index in [4.69, 9.17) is 0 Å². The third-order valence-corrected chi connectivity index (χ3v) is 3.31. The van der Waals surface area contributed by atoms with E-state index in [9.17, 15) is 4.79 Å². The number of rotatable bonds is 6. The molecule has 5 heteroatoms. The van der Waals surface area contributed by atoms with Crippen molar-refractivity contribution in [1.82, 2.24) is 14.9 Å². The fourth-order valence-corrected chi connectivity index (χ4v) is 2.09. The van der Waals surface area contributed by atoms with Gasteiger partial charge in [0.05, 0.1) is 11.0 Å². The van der Waals surface area contributed by atoms with E-state index in [2.05, 4.69) is 22.5 Å². The minimum Gasteiger partial charge on any atom is -0.356 e. The molecule has 0 aliphatic heterocycles. The zero-order valence-electron chi connectivity index (χ0n) is 12.3. The van der Waals surface area contributed by atoms with E-state index < -0.39 is 0 Å². The molecule has 2 N–H and O–H groups in total. The van der Waals surface area contributed by atoms with Gasteiger partial charge in [-0.05, 0) is 32.4 Å². The fourth-order valence-electron chi connectivity index (χ4n) is 2.09. The molecule has 0 fully saturated rings. The predicted molar refractivity (Wildman–Crippen MR) is 81.8 cm³/mol. The highest BCUT2D eigenvalue weighted by atomic mass is 16.2. The largest absolute Gasteiger partial charge is 0.356 e. The Morgan fingerprint density at radius 2 is 2.10 bits per heavy atom. The number of carbonyl (C=O) groups is 1. The van der Waals surface area contributed by atoms with Crippen LogP contribution < -0.4 is 10.6 Å². The summed E-state index contributed by atoms with van der Waals surface area (Å²) in [5, 5.41) is 6.20. The summed E-state index contributed by atoms with van der Waals surface area (Å²) in [6.45, 7) is 7.14. The zero-order chi connectivity index (χ0) is 14.5. The normalized spacial score (nSPS) is 12.3. The van der Waals surface area contributed by atoms with Crippen molar-refractivity contribution in [2.45, 2.75) is 39.8 Å². The van der Waals surface area contributed by atoms with Crippen LogP contribution >= 0.6 is 0 Å². The van der Waals surface area contributed by atoms with E-state index in [0.717, 1.165) is 29.9 Å². The van der Waals surface area contributed by atoms with Crippen molar-refractivity contribution in [2.75, 3.05) is 11.9 Å². The molecule has 1 unspecified atom stereocenters. The Hall–Kier alpha value is -2.04. The number of para-hydroxylation sites is 2. The lowest BCUT2D eigenvalue weighted by atomic mass is 10.2. The number of nitrogens with zero attached hydrogens (tertiary/aromatic N) is 2. The third-order valence-electron chi connectivity index (χ3n) is 3.31. The highest BCUT2D eigenvalue weighted by Crippen LogP contribution is 2.19. The SMILES string of the molecule is CCNc1nc2ccccc2n1CC(=O)NC(C)CC. The fraction of sp³-hybridized carbons (Fsp3) is 0.467. The summed E-state index contributed by atoms with van der Waals surface area (Å²) in [6.07, 6.45) is 0.927. The van der Waals surface area contributed by atoms with Crippen LogP contribution in [0.4, 0.5) is 5.95 Å². The number of carbonyl (C=O) groups excluding carboxylic acids is 1. The Morgan fingerprint density at radius 1 is 1.35 bits per heavy atom. The summed E-state index contributed by atoms with van der Waals surface area (Å²) in [5.41, 5.74) is 1.88. The Bertz CT molecular complexity index is 591. The van der Waals surface area contributed by atoms with E-state index in [-0.39, 0.29) is 18.5 Å². The van der Waals surface area contributed by atoms with Crippen molar-refractivity contribution in [1.29, 1.82) is 0 Å². The standard InChI is InChI=1S/C15H22N4O/c1-4-11(3)17-14(20)10-19-13-9-7-6-8-12(13)18-15(19)16-5-2/h6-9,11H,4-5,10H2,1-3H3,(H,16,18)(H,17,20). The van der Waals surface area contributed by atoms with Crippen molar-refractivity contribution in [2.24, 2.45) is 0 Å². The molecular weight excluding hydrogens is 252 g/mol. The average Bonchev–Trinajstić information content (AvgIpc) is 2.77. The first-order chi connectivity index (χ1) is 9.65. The van der Waals surface area contributed by atoms with Crippen LogP contribution in [0, 0.1) is 0 Å². The van der Waals surface area contributed by atoms with Crippen LogP contribution in [-0.2, 0) is 11.3 Å². The zero-order valence-corrected chi connectivity index (χ0v) is 12.3. The minimum absolute atomic E-state index is 0.0154. The molecule has 0 bridgehead atoms. The molecule has 1 aromatic carbocycles. The Morgan fingerprint density at radius 3 is 2.80 bits per heavy atom. The smallest absolute Gasteiger partial charge is 0.240 e. The number of benzene rings is 1. The van der Waals surface area contributed by atoms with Gasteiger partial charge in [0, 0.05) is 12.6 Å². The van der Waals surface area contributed by atoms with Crippen LogP contribution in [0.15, 0.2) is 24.3 Å². The Kier molecular flexibility index (Phi) is 4.61. The van der Waals surface area contributed by atoms with E-state index in [0.29, 0.717) is 0 Å². The third kappa shape index (κ3) is 3.10. The minimum atomic E-state index is 0.0154. The molecule has 1 atom stereocenters. The highest BCUT2D eigenvalue weighted by Gasteiger charge is 2.13. The first kappa shape index (κ1) is 14.4. The van der Waals surface area contributed by atoms with Gasteiger partial charge >= 0.3 is 0 Å². The Labute approximate surface area is 119 Å². The van der Waals surface area contributed by atoms with Gasteiger partial charge in [0.25, 0.3) is 0 Å². The van der Waals surface area contributed by atoms with Gasteiger partial charge in [-0.2, -0.15) is 0 Å². The van der Waals surface area contributed by atoms with Gasteiger partial charge in [0.15, 0.2) is 0 Å². The number of anilines is 1. The molecule has 108 valence electrons. The lowest BCUT2D eigenvalue weighted by Crippen LogP contribution is -2.34. The molecule has 5 nitrogen and oxygen atoms in total. The lowest BCUT2D eigenvalue weighted by molar-refractivity contribution is -0.122. The van der Waals surface area contributed by atoms with Crippen molar-refractivity contribution in [3.8, 4) is 0 Å². The highest BCUT2D eigenvalue weighted by molar-refractivity contribution is 5.83. The van der Waals surface area contributed by atoms with Crippen LogP contribution in [0.1, 0.15) is 27.2 Å². The average molecular weight is 274 g/mol. The molecule has 0 radical (unpaired) electrons. The summed E-state index contributed by atoms with van der Waals surface area (Å²) < 4.78 is 1.93. The second kappa shape index (κ2) is 6.41. The molecule has 20 heavy (non-hydrogen) atoms. The van der Waals surface area contributed by atoms with Crippen molar-refractivity contribution < 1.29 is 4.79 Å². The second-order valence-corrected chi connectivity index (χ2v) is 4.92. The van der Waals surface area contributed by atoms with Gasteiger partial charge in [-0.25, -0.2) is 4.98 Å². The molecular formula is C15H22N4O. The number of nitrogens with one attached hydrogen (secondary N) is 2. The van der Waals surface area contributed by atoms with Crippen LogP contribution in [0.2, 0.25) is 0 Å². The van der Waals surface area contributed by atoms with Gasteiger partial charge in [-0.3, -0.25) is 4.79 Å². The number of imidazole rings is 1. The second-order valence-electron chi connectivity index (χ2n) is 4.92. The Balaban J connectivity index is 2.27. The molecule has 2 aromatic rings. The quantitative estimate of drug-likeness (QED) is 0.850. The van der Waals surface area contributed by atoms with Gasteiger partial charge in [-0.1, -0.05) is 19.1 Å². The summed E-state index contributed by atoms with van der Waals surface area (Å²) >= 11 is 0. The molecule has 0 aliphatic rings. The molecule has 1 amide bonds. The van der Waals surface area contributed by atoms with E-state index in [1.165, 1.54) is 0 Å². The van der Waals surface area contributed by atoms with Crippen LogP contribution in [0.3, 0.4) is 0 Å². The van der Waals surface area contributed by atoms with Gasteiger partial charge in [-0.15, -0.1) is 0 Å². The number of amides is 1.